The number of fused-ring (bicyclic) bond motifs is 6. The van der Waals surface area contributed by atoms with Gasteiger partial charge in [0.15, 0.2) is 0 Å². The minimum atomic E-state index is 1.12. The van der Waals surface area contributed by atoms with Crippen LogP contribution in [0, 0.1) is 0 Å². The normalized spacial score (nSPS) is 11.4. The summed E-state index contributed by atoms with van der Waals surface area (Å²) in [6.07, 6.45) is 0. The van der Waals surface area contributed by atoms with Crippen LogP contribution < -0.4 is 4.90 Å². The molecule has 0 saturated carbocycles. The van der Waals surface area contributed by atoms with E-state index in [-0.39, 0.29) is 0 Å². The predicted octanol–water partition coefficient (Wildman–Crippen LogP) is 13.1. The summed E-state index contributed by atoms with van der Waals surface area (Å²) in [5.74, 6) is 0. The molecule has 0 aliphatic carbocycles. The topological polar surface area (TPSA) is 3.24 Å². The number of rotatable bonds is 5. The van der Waals surface area contributed by atoms with Gasteiger partial charge < -0.3 is 4.90 Å². The van der Waals surface area contributed by atoms with E-state index in [1.807, 2.05) is 0 Å². The zero-order chi connectivity index (χ0) is 31.2. The molecule has 0 bridgehead atoms. The van der Waals surface area contributed by atoms with Crippen LogP contribution in [0.4, 0.5) is 17.1 Å². The van der Waals surface area contributed by atoms with Gasteiger partial charge in [-0.3, -0.25) is 0 Å². The summed E-state index contributed by atoms with van der Waals surface area (Å²) in [6, 6.07) is 68.2. The van der Waals surface area contributed by atoms with E-state index in [4.69, 9.17) is 0 Å². The minimum absolute atomic E-state index is 1.12. The zero-order valence-corrected chi connectivity index (χ0v) is 25.8. The van der Waals surface area contributed by atoms with E-state index in [9.17, 15) is 0 Å². The lowest BCUT2D eigenvalue weighted by atomic mass is 9.84. The Morgan fingerprint density at radius 3 is 1.30 bits per heavy atom. The van der Waals surface area contributed by atoms with Gasteiger partial charge in [0.25, 0.3) is 0 Å². The second-order valence-corrected chi connectivity index (χ2v) is 12.1. The molecule has 0 unspecified atom stereocenters. The Morgan fingerprint density at radius 2 is 0.681 bits per heavy atom. The molecule has 0 spiro atoms. The molecule has 1 heteroatoms. The molecule has 0 heterocycles. The molecule has 0 aliphatic rings. The Labute approximate surface area is 274 Å². The summed E-state index contributed by atoms with van der Waals surface area (Å²) in [4.78, 5) is 2.32. The van der Waals surface area contributed by atoms with E-state index in [1.165, 1.54) is 65.3 Å². The maximum atomic E-state index is 2.38. The summed E-state index contributed by atoms with van der Waals surface area (Å²) in [7, 11) is 0. The maximum Gasteiger partial charge on any atom is 0.0462 e. The zero-order valence-electron chi connectivity index (χ0n) is 25.8. The molecular weight excluding hydrogens is 567 g/mol. The van der Waals surface area contributed by atoms with Crippen LogP contribution in [0.5, 0.6) is 0 Å². The fourth-order valence-electron chi connectivity index (χ4n) is 7.29. The van der Waals surface area contributed by atoms with Crippen LogP contribution in [0.15, 0.2) is 188 Å². The lowest BCUT2D eigenvalue weighted by molar-refractivity contribution is 1.28. The minimum Gasteiger partial charge on any atom is -0.311 e. The third-order valence-electron chi connectivity index (χ3n) is 9.41. The molecule has 0 amide bonds. The Bertz CT molecular complexity index is 2510. The summed E-state index contributed by atoms with van der Waals surface area (Å²) in [5, 5.41) is 10.2. The molecule has 0 saturated heterocycles. The number of hydrogen-bond donors (Lipinski definition) is 0. The summed E-state index contributed by atoms with van der Waals surface area (Å²) in [6.45, 7) is 0. The molecule has 0 atom stereocenters. The van der Waals surface area contributed by atoms with Crippen LogP contribution in [0.2, 0.25) is 0 Å². The largest absolute Gasteiger partial charge is 0.311 e. The van der Waals surface area contributed by atoms with Gasteiger partial charge in [0.2, 0.25) is 0 Å². The van der Waals surface area contributed by atoms with Crippen LogP contribution in [0.1, 0.15) is 0 Å². The predicted molar refractivity (Wildman–Crippen MR) is 202 cm³/mol. The quantitative estimate of drug-likeness (QED) is 0.178. The van der Waals surface area contributed by atoms with Crippen LogP contribution in [-0.2, 0) is 0 Å². The van der Waals surface area contributed by atoms with E-state index in [0.717, 1.165) is 17.1 Å². The Kier molecular flexibility index (Phi) is 6.54. The van der Waals surface area contributed by atoms with Crippen molar-refractivity contribution in [1.82, 2.24) is 0 Å². The molecule has 0 aliphatic heterocycles. The highest BCUT2D eigenvalue weighted by molar-refractivity contribution is 6.22. The average Bonchev–Trinajstić information content (AvgIpc) is 3.15. The molecular formula is C46H31N. The van der Waals surface area contributed by atoms with E-state index in [0.29, 0.717) is 0 Å². The molecule has 220 valence electrons. The molecule has 1 nitrogen and oxygen atoms in total. The maximum absolute atomic E-state index is 2.38. The molecule has 0 aromatic heterocycles. The number of nitrogens with zero attached hydrogens (tertiary/aromatic N) is 1. The van der Waals surface area contributed by atoms with Crippen molar-refractivity contribution in [3.05, 3.63) is 188 Å². The van der Waals surface area contributed by atoms with Crippen LogP contribution in [-0.4, -0.2) is 0 Å². The van der Waals surface area contributed by atoms with Crippen molar-refractivity contribution in [1.29, 1.82) is 0 Å². The third kappa shape index (κ3) is 4.64. The highest BCUT2D eigenvalue weighted by Crippen LogP contribution is 2.46. The highest BCUT2D eigenvalue weighted by atomic mass is 15.1. The fourth-order valence-corrected chi connectivity index (χ4v) is 7.29. The van der Waals surface area contributed by atoms with Crippen molar-refractivity contribution in [3.63, 3.8) is 0 Å². The van der Waals surface area contributed by atoms with Gasteiger partial charge in [-0.15, -0.1) is 0 Å². The summed E-state index contributed by atoms with van der Waals surface area (Å²) in [5.41, 5.74) is 8.34. The van der Waals surface area contributed by atoms with E-state index < -0.39 is 0 Å². The lowest BCUT2D eigenvalue weighted by Crippen LogP contribution is -2.09. The Balaban J connectivity index is 1.28. The van der Waals surface area contributed by atoms with Crippen molar-refractivity contribution >= 4 is 60.2 Å². The highest BCUT2D eigenvalue weighted by Gasteiger charge is 2.19. The first kappa shape index (κ1) is 27.2. The molecule has 0 N–H and O–H groups in total. The smallest absolute Gasteiger partial charge is 0.0462 e. The first-order valence-corrected chi connectivity index (χ1v) is 16.2. The van der Waals surface area contributed by atoms with Crippen LogP contribution in [0.3, 0.4) is 0 Å². The van der Waals surface area contributed by atoms with Gasteiger partial charge >= 0.3 is 0 Å². The van der Waals surface area contributed by atoms with Crippen molar-refractivity contribution < 1.29 is 0 Å². The number of benzene rings is 9. The molecule has 9 aromatic carbocycles. The molecule has 0 radical (unpaired) electrons. The molecule has 9 rings (SSSR count). The summed E-state index contributed by atoms with van der Waals surface area (Å²) >= 11 is 0. The Morgan fingerprint density at radius 1 is 0.255 bits per heavy atom. The van der Waals surface area contributed by atoms with Gasteiger partial charge in [0, 0.05) is 17.1 Å². The van der Waals surface area contributed by atoms with Crippen LogP contribution >= 0.6 is 0 Å². The molecule has 47 heavy (non-hydrogen) atoms. The first-order chi connectivity index (χ1) is 23.3. The first-order valence-electron chi connectivity index (χ1n) is 16.2. The van der Waals surface area contributed by atoms with Crippen LogP contribution in [0.25, 0.3) is 65.3 Å². The number of para-hydroxylation sites is 2. The standard InChI is InChI=1S/C46H31N/c1-3-14-36(15-4-1)47(37-16-5-2-6-17-37)38-28-25-33(26-29-38)45-43-21-11-9-19-41(43)42-20-10-12-22-44(42)46(45)35-27-30-40-34(31-35)24-23-32-13-7-8-18-39(32)40/h1-31H. The van der Waals surface area contributed by atoms with Crippen molar-refractivity contribution in [3.8, 4) is 22.3 Å². The lowest BCUT2D eigenvalue weighted by Gasteiger charge is -2.26. The van der Waals surface area contributed by atoms with Gasteiger partial charge in [-0.05, 0) is 108 Å². The van der Waals surface area contributed by atoms with Gasteiger partial charge in [-0.2, -0.15) is 0 Å². The number of hydrogen-bond acceptors (Lipinski definition) is 1. The van der Waals surface area contributed by atoms with Crippen molar-refractivity contribution in [2.24, 2.45) is 0 Å². The third-order valence-corrected chi connectivity index (χ3v) is 9.41. The monoisotopic (exact) mass is 597 g/mol. The van der Waals surface area contributed by atoms with Crippen molar-refractivity contribution in [2.75, 3.05) is 4.90 Å². The van der Waals surface area contributed by atoms with E-state index in [2.05, 4.69) is 193 Å². The number of anilines is 3. The van der Waals surface area contributed by atoms with Gasteiger partial charge in [0.1, 0.15) is 0 Å². The van der Waals surface area contributed by atoms with E-state index in [1.54, 1.807) is 0 Å². The van der Waals surface area contributed by atoms with Crippen molar-refractivity contribution in [2.45, 2.75) is 0 Å². The fraction of sp³-hybridized carbons (Fsp3) is 0. The van der Waals surface area contributed by atoms with Gasteiger partial charge in [-0.1, -0.05) is 146 Å². The second-order valence-electron chi connectivity index (χ2n) is 12.1. The van der Waals surface area contributed by atoms with E-state index >= 15 is 0 Å². The Hall–Kier alpha value is -6.18. The SMILES string of the molecule is c1ccc(N(c2ccccc2)c2ccc(-c3c(-c4ccc5c(ccc6ccccc65)c4)c4ccccc4c4ccccc34)cc2)cc1. The summed E-state index contributed by atoms with van der Waals surface area (Å²) < 4.78 is 0. The van der Waals surface area contributed by atoms with Gasteiger partial charge in [0.05, 0.1) is 0 Å². The molecule has 9 aromatic rings. The molecule has 0 fully saturated rings. The second kappa shape index (κ2) is 11.3. The van der Waals surface area contributed by atoms with Gasteiger partial charge in [-0.25, -0.2) is 0 Å². The average molecular weight is 598 g/mol.